The topological polar surface area (TPSA) is 58.6 Å². The second kappa shape index (κ2) is 6.72. The van der Waals surface area contributed by atoms with Gasteiger partial charge >= 0.3 is 0 Å². The molecule has 2 rings (SSSR count). The van der Waals surface area contributed by atoms with Gasteiger partial charge in [0, 0.05) is 31.2 Å². The molecule has 1 amide bonds. The number of benzene rings is 1. The molecular formula is C16H22N2O3. The van der Waals surface area contributed by atoms with Crippen LogP contribution in [0.1, 0.15) is 31.1 Å². The third kappa shape index (κ3) is 4.04. The van der Waals surface area contributed by atoms with Gasteiger partial charge in [0.05, 0.1) is 0 Å². The number of ether oxygens (including phenoxy) is 1. The van der Waals surface area contributed by atoms with Gasteiger partial charge in [-0.25, -0.2) is 0 Å². The largest absolute Gasteiger partial charge is 0.481 e. The zero-order valence-corrected chi connectivity index (χ0v) is 12.8. The molecule has 0 saturated carbocycles. The molecular weight excluding hydrogens is 268 g/mol. The van der Waals surface area contributed by atoms with Crippen molar-refractivity contribution in [2.45, 2.75) is 32.9 Å². The number of carbonyl (C=O) groups is 2. The normalized spacial score (nSPS) is 20.0. The molecule has 0 aliphatic carbocycles. The summed E-state index contributed by atoms with van der Waals surface area (Å²) in [7, 11) is 0. The minimum absolute atomic E-state index is 0.0171. The van der Waals surface area contributed by atoms with Crippen LogP contribution in [-0.2, 0) is 4.79 Å². The average Bonchev–Trinajstić information content (AvgIpc) is 2.46. The molecule has 0 bridgehead atoms. The number of hydrogen-bond donors (Lipinski definition) is 1. The Morgan fingerprint density at radius 1 is 1.43 bits per heavy atom. The quantitative estimate of drug-likeness (QED) is 0.853. The Labute approximate surface area is 125 Å². The average molecular weight is 290 g/mol. The third-order valence-corrected chi connectivity index (χ3v) is 3.58. The molecule has 1 N–H and O–H groups in total. The molecule has 1 saturated heterocycles. The van der Waals surface area contributed by atoms with Crippen molar-refractivity contribution in [1.29, 1.82) is 0 Å². The molecule has 1 aliphatic rings. The van der Waals surface area contributed by atoms with Crippen LogP contribution in [0.3, 0.4) is 0 Å². The molecule has 2 unspecified atom stereocenters. The number of amides is 1. The fourth-order valence-corrected chi connectivity index (χ4v) is 2.43. The van der Waals surface area contributed by atoms with Crippen molar-refractivity contribution in [3.8, 4) is 5.75 Å². The van der Waals surface area contributed by atoms with Crippen molar-refractivity contribution < 1.29 is 14.3 Å². The maximum atomic E-state index is 12.4. The van der Waals surface area contributed by atoms with Gasteiger partial charge in [-0.1, -0.05) is 12.1 Å². The summed E-state index contributed by atoms with van der Waals surface area (Å²) in [4.78, 5) is 25.6. The van der Waals surface area contributed by atoms with E-state index in [1.807, 2.05) is 4.90 Å². The zero-order chi connectivity index (χ0) is 15.4. The Morgan fingerprint density at radius 2 is 2.19 bits per heavy atom. The minimum Gasteiger partial charge on any atom is -0.481 e. The van der Waals surface area contributed by atoms with Gasteiger partial charge in [-0.15, -0.1) is 0 Å². The fraction of sp³-hybridized carbons (Fsp3) is 0.500. The van der Waals surface area contributed by atoms with Crippen LogP contribution in [0.15, 0.2) is 24.3 Å². The van der Waals surface area contributed by atoms with Crippen LogP contribution in [0.4, 0.5) is 0 Å². The van der Waals surface area contributed by atoms with Crippen LogP contribution in [0.5, 0.6) is 5.75 Å². The van der Waals surface area contributed by atoms with Gasteiger partial charge in [0.25, 0.3) is 5.91 Å². The number of rotatable bonds is 4. The highest BCUT2D eigenvalue weighted by atomic mass is 16.5. The van der Waals surface area contributed by atoms with E-state index >= 15 is 0 Å². The Balaban J connectivity index is 2.00. The van der Waals surface area contributed by atoms with E-state index in [4.69, 9.17) is 4.74 Å². The Bertz CT molecular complexity index is 530. The van der Waals surface area contributed by atoms with E-state index < -0.39 is 6.10 Å². The minimum atomic E-state index is -0.558. The van der Waals surface area contributed by atoms with E-state index in [1.165, 1.54) is 6.92 Å². The summed E-state index contributed by atoms with van der Waals surface area (Å²) in [6.45, 7) is 7.51. The summed E-state index contributed by atoms with van der Waals surface area (Å²) in [5.74, 6) is 0.513. The molecule has 114 valence electrons. The number of piperazine rings is 1. The summed E-state index contributed by atoms with van der Waals surface area (Å²) >= 11 is 0. The molecule has 0 radical (unpaired) electrons. The van der Waals surface area contributed by atoms with Crippen molar-refractivity contribution in [1.82, 2.24) is 10.2 Å². The molecule has 1 aromatic rings. The number of carbonyl (C=O) groups excluding carboxylic acids is 2. The van der Waals surface area contributed by atoms with E-state index in [2.05, 4.69) is 12.2 Å². The van der Waals surface area contributed by atoms with Gasteiger partial charge in [-0.2, -0.15) is 0 Å². The molecule has 1 heterocycles. The Hall–Kier alpha value is -1.88. The van der Waals surface area contributed by atoms with Crippen molar-refractivity contribution in [3.63, 3.8) is 0 Å². The van der Waals surface area contributed by atoms with E-state index in [0.717, 1.165) is 6.54 Å². The highest BCUT2D eigenvalue weighted by molar-refractivity contribution is 5.94. The first kappa shape index (κ1) is 15.5. The van der Waals surface area contributed by atoms with Crippen molar-refractivity contribution >= 4 is 11.7 Å². The van der Waals surface area contributed by atoms with Crippen LogP contribution in [0.2, 0.25) is 0 Å². The van der Waals surface area contributed by atoms with Gasteiger partial charge in [-0.3, -0.25) is 9.59 Å². The molecule has 0 aromatic heterocycles. The summed E-state index contributed by atoms with van der Waals surface area (Å²) in [6, 6.07) is 7.23. The lowest BCUT2D eigenvalue weighted by atomic mass is 10.1. The first-order valence-electron chi connectivity index (χ1n) is 7.27. The molecule has 1 fully saturated rings. The fourth-order valence-electron chi connectivity index (χ4n) is 2.43. The smallest absolute Gasteiger partial charge is 0.263 e. The molecule has 21 heavy (non-hydrogen) atoms. The van der Waals surface area contributed by atoms with Crippen molar-refractivity contribution in [3.05, 3.63) is 29.8 Å². The van der Waals surface area contributed by atoms with Gasteiger partial charge in [-0.05, 0) is 32.9 Å². The molecule has 5 heteroatoms. The summed E-state index contributed by atoms with van der Waals surface area (Å²) < 4.78 is 5.69. The zero-order valence-electron chi connectivity index (χ0n) is 12.8. The lowest BCUT2D eigenvalue weighted by Gasteiger charge is -2.33. The van der Waals surface area contributed by atoms with E-state index in [1.54, 1.807) is 31.2 Å². The van der Waals surface area contributed by atoms with Crippen LogP contribution < -0.4 is 10.1 Å². The maximum absolute atomic E-state index is 12.4. The van der Waals surface area contributed by atoms with Gasteiger partial charge < -0.3 is 15.0 Å². The molecule has 0 spiro atoms. The summed E-state index contributed by atoms with van der Waals surface area (Å²) in [6.07, 6.45) is -0.558. The highest BCUT2D eigenvalue weighted by Gasteiger charge is 2.25. The lowest BCUT2D eigenvalue weighted by molar-refractivity contribution is -0.139. The van der Waals surface area contributed by atoms with Crippen LogP contribution >= 0.6 is 0 Å². The standard InChI is InChI=1S/C16H22N2O3/c1-11-10-18(8-7-17-11)16(20)13(3)21-15-6-4-5-14(9-15)12(2)19/h4-6,9,11,13,17H,7-8,10H2,1-3H3. The summed E-state index contributed by atoms with van der Waals surface area (Å²) in [5, 5.41) is 3.30. The van der Waals surface area contributed by atoms with Gasteiger partial charge in [0.1, 0.15) is 5.75 Å². The second-order valence-electron chi connectivity index (χ2n) is 5.48. The number of nitrogens with one attached hydrogen (secondary N) is 1. The molecule has 1 aromatic carbocycles. The van der Waals surface area contributed by atoms with Gasteiger partial charge in [0.2, 0.25) is 0 Å². The van der Waals surface area contributed by atoms with Crippen LogP contribution in [0, 0.1) is 0 Å². The maximum Gasteiger partial charge on any atom is 0.263 e. The van der Waals surface area contributed by atoms with Gasteiger partial charge in [0.15, 0.2) is 11.9 Å². The Kier molecular flexibility index (Phi) is 4.96. The Morgan fingerprint density at radius 3 is 2.86 bits per heavy atom. The van der Waals surface area contributed by atoms with E-state index in [-0.39, 0.29) is 11.7 Å². The first-order chi connectivity index (χ1) is 9.97. The monoisotopic (exact) mass is 290 g/mol. The van der Waals surface area contributed by atoms with E-state index in [0.29, 0.717) is 30.4 Å². The number of nitrogens with zero attached hydrogens (tertiary/aromatic N) is 1. The molecule has 1 aliphatic heterocycles. The van der Waals surface area contributed by atoms with E-state index in [9.17, 15) is 9.59 Å². The van der Waals surface area contributed by atoms with Crippen molar-refractivity contribution in [2.75, 3.05) is 19.6 Å². The number of ketones is 1. The SMILES string of the molecule is CC(=O)c1cccc(OC(C)C(=O)N2CCNC(C)C2)c1. The lowest BCUT2D eigenvalue weighted by Crippen LogP contribution is -2.54. The number of hydrogen-bond acceptors (Lipinski definition) is 4. The predicted molar refractivity (Wildman–Crippen MR) is 80.6 cm³/mol. The van der Waals surface area contributed by atoms with Crippen LogP contribution in [0.25, 0.3) is 0 Å². The third-order valence-electron chi connectivity index (χ3n) is 3.58. The molecule has 5 nitrogen and oxygen atoms in total. The summed E-state index contributed by atoms with van der Waals surface area (Å²) in [5.41, 5.74) is 0.586. The van der Waals surface area contributed by atoms with Crippen LogP contribution in [-0.4, -0.2) is 48.4 Å². The molecule has 2 atom stereocenters. The highest BCUT2D eigenvalue weighted by Crippen LogP contribution is 2.16. The first-order valence-corrected chi connectivity index (χ1v) is 7.27. The predicted octanol–water partition coefficient (Wildman–Crippen LogP) is 1.48. The second-order valence-corrected chi connectivity index (χ2v) is 5.48. The van der Waals surface area contributed by atoms with Crippen molar-refractivity contribution in [2.24, 2.45) is 0 Å². The number of Topliss-reactive ketones (excluding diaryl/α,β-unsaturated/α-hetero) is 1.